The standard InChI is InChI=1S/C11H18N2O/c1-12-11(9-3-4-9)10-5-6-13(7-10)8-14-2/h5-7,9,11-12H,3-4,8H2,1-2H3. The number of nitrogens with zero attached hydrogens (tertiary/aromatic N) is 1. The minimum absolute atomic E-state index is 0.535. The lowest BCUT2D eigenvalue weighted by molar-refractivity contribution is 0.131. The summed E-state index contributed by atoms with van der Waals surface area (Å²) in [4.78, 5) is 0. The van der Waals surface area contributed by atoms with Gasteiger partial charge in [-0.25, -0.2) is 0 Å². The molecule has 0 aromatic carbocycles. The van der Waals surface area contributed by atoms with Crippen LogP contribution >= 0.6 is 0 Å². The SMILES string of the molecule is CNC(c1ccn(COC)c1)C1CC1. The first-order valence-corrected chi connectivity index (χ1v) is 5.17. The highest BCUT2D eigenvalue weighted by atomic mass is 16.5. The van der Waals surface area contributed by atoms with E-state index in [1.807, 2.05) is 7.05 Å². The van der Waals surface area contributed by atoms with E-state index in [0.717, 1.165) is 5.92 Å². The smallest absolute Gasteiger partial charge is 0.121 e. The van der Waals surface area contributed by atoms with E-state index in [1.54, 1.807) is 7.11 Å². The monoisotopic (exact) mass is 194 g/mol. The first kappa shape index (κ1) is 9.74. The van der Waals surface area contributed by atoms with Crippen molar-refractivity contribution >= 4 is 0 Å². The van der Waals surface area contributed by atoms with Gasteiger partial charge in [-0.1, -0.05) is 0 Å². The largest absolute Gasteiger partial charge is 0.364 e. The molecule has 1 aromatic heterocycles. The zero-order chi connectivity index (χ0) is 9.97. The number of aromatic nitrogens is 1. The molecule has 1 aliphatic carbocycles. The molecular formula is C11H18N2O. The van der Waals surface area contributed by atoms with Crippen molar-refractivity contribution in [3.63, 3.8) is 0 Å². The molecule has 1 heterocycles. The zero-order valence-electron chi connectivity index (χ0n) is 8.86. The van der Waals surface area contributed by atoms with E-state index in [9.17, 15) is 0 Å². The normalized spacial score (nSPS) is 18.4. The van der Waals surface area contributed by atoms with Crippen molar-refractivity contribution in [3.8, 4) is 0 Å². The minimum atomic E-state index is 0.535. The molecule has 3 heteroatoms. The summed E-state index contributed by atoms with van der Waals surface area (Å²) in [6.07, 6.45) is 6.97. The van der Waals surface area contributed by atoms with Gasteiger partial charge in [0.05, 0.1) is 0 Å². The van der Waals surface area contributed by atoms with E-state index in [1.165, 1.54) is 18.4 Å². The first-order valence-electron chi connectivity index (χ1n) is 5.17. The second kappa shape index (κ2) is 4.15. The van der Waals surface area contributed by atoms with Crippen molar-refractivity contribution < 1.29 is 4.74 Å². The fraction of sp³-hybridized carbons (Fsp3) is 0.636. The number of nitrogens with one attached hydrogen (secondary N) is 1. The lowest BCUT2D eigenvalue weighted by Crippen LogP contribution is -2.17. The topological polar surface area (TPSA) is 26.2 Å². The lowest BCUT2D eigenvalue weighted by Gasteiger charge is -2.13. The van der Waals surface area contributed by atoms with Gasteiger partial charge in [-0.05, 0) is 37.4 Å². The molecule has 0 spiro atoms. The van der Waals surface area contributed by atoms with Crippen molar-refractivity contribution in [2.45, 2.75) is 25.6 Å². The maximum Gasteiger partial charge on any atom is 0.121 e. The molecule has 1 saturated carbocycles. The summed E-state index contributed by atoms with van der Waals surface area (Å²) < 4.78 is 7.14. The number of methoxy groups -OCH3 is 1. The molecule has 1 N–H and O–H groups in total. The molecule has 0 radical (unpaired) electrons. The average Bonchev–Trinajstić information content (AvgIpc) is 2.90. The molecular weight excluding hydrogens is 176 g/mol. The van der Waals surface area contributed by atoms with Crippen LogP contribution < -0.4 is 5.32 Å². The average molecular weight is 194 g/mol. The van der Waals surface area contributed by atoms with Gasteiger partial charge in [0.25, 0.3) is 0 Å². The maximum atomic E-state index is 5.07. The summed E-state index contributed by atoms with van der Waals surface area (Å²) >= 11 is 0. The van der Waals surface area contributed by atoms with Crippen LogP contribution in [0.15, 0.2) is 18.5 Å². The Morgan fingerprint density at radius 1 is 1.64 bits per heavy atom. The van der Waals surface area contributed by atoms with Crippen molar-refractivity contribution in [1.29, 1.82) is 0 Å². The van der Waals surface area contributed by atoms with Crippen LogP contribution in [0.3, 0.4) is 0 Å². The van der Waals surface area contributed by atoms with Crippen LogP contribution in [0, 0.1) is 5.92 Å². The second-order valence-corrected chi connectivity index (χ2v) is 3.98. The summed E-state index contributed by atoms with van der Waals surface area (Å²) in [5, 5.41) is 3.38. The van der Waals surface area contributed by atoms with Crippen molar-refractivity contribution in [2.24, 2.45) is 5.92 Å². The fourth-order valence-electron chi connectivity index (χ4n) is 1.98. The van der Waals surface area contributed by atoms with Crippen LogP contribution in [-0.2, 0) is 11.5 Å². The number of rotatable bonds is 5. The third-order valence-electron chi connectivity index (χ3n) is 2.82. The van der Waals surface area contributed by atoms with Crippen LogP contribution in [-0.4, -0.2) is 18.7 Å². The molecule has 2 rings (SSSR count). The van der Waals surface area contributed by atoms with Crippen molar-refractivity contribution in [3.05, 3.63) is 24.0 Å². The van der Waals surface area contributed by atoms with Crippen molar-refractivity contribution in [1.82, 2.24) is 9.88 Å². The van der Waals surface area contributed by atoms with Crippen LogP contribution in [0.25, 0.3) is 0 Å². The van der Waals surface area contributed by atoms with Crippen LogP contribution in [0.2, 0.25) is 0 Å². The molecule has 1 aliphatic rings. The van der Waals surface area contributed by atoms with Gasteiger partial charge >= 0.3 is 0 Å². The highest BCUT2D eigenvalue weighted by Gasteiger charge is 2.31. The van der Waals surface area contributed by atoms with Crippen molar-refractivity contribution in [2.75, 3.05) is 14.2 Å². The molecule has 0 amide bonds. The number of hydrogen-bond donors (Lipinski definition) is 1. The van der Waals surface area contributed by atoms with E-state index in [2.05, 4.69) is 28.3 Å². The van der Waals surface area contributed by atoms with E-state index in [4.69, 9.17) is 4.74 Å². The van der Waals surface area contributed by atoms with Gasteiger partial charge in [0, 0.05) is 25.5 Å². The summed E-state index contributed by atoms with van der Waals surface area (Å²) in [5.74, 6) is 0.846. The molecule has 0 saturated heterocycles. The first-order chi connectivity index (χ1) is 6.85. The van der Waals surface area contributed by atoms with E-state index in [-0.39, 0.29) is 0 Å². The Balaban J connectivity index is 2.05. The molecule has 1 fully saturated rings. The summed E-state index contributed by atoms with van der Waals surface area (Å²) in [5.41, 5.74) is 1.38. The Bertz CT molecular complexity index is 291. The number of ether oxygens (including phenoxy) is 1. The fourth-order valence-corrected chi connectivity index (χ4v) is 1.98. The minimum Gasteiger partial charge on any atom is -0.364 e. The Morgan fingerprint density at radius 2 is 2.43 bits per heavy atom. The predicted octanol–water partition coefficient (Wildman–Crippen LogP) is 1.76. The van der Waals surface area contributed by atoms with Crippen LogP contribution in [0.1, 0.15) is 24.4 Å². The van der Waals surface area contributed by atoms with Crippen LogP contribution in [0.4, 0.5) is 0 Å². The van der Waals surface area contributed by atoms with Gasteiger partial charge in [-0.15, -0.1) is 0 Å². The molecule has 1 aromatic rings. The van der Waals surface area contributed by atoms with Gasteiger partial charge in [-0.3, -0.25) is 0 Å². The van der Waals surface area contributed by atoms with Gasteiger partial charge in [-0.2, -0.15) is 0 Å². The summed E-state index contributed by atoms with van der Waals surface area (Å²) in [6, 6.07) is 2.71. The zero-order valence-corrected chi connectivity index (χ0v) is 8.86. The molecule has 0 bridgehead atoms. The maximum absolute atomic E-state index is 5.07. The Labute approximate surface area is 85.1 Å². The Morgan fingerprint density at radius 3 is 3.00 bits per heavy atom. The molecule has 3 nitrogen and oxygen atoms in total. The predicted molar refractivity (Wildman–Crippen MR) is 56.0 cm³/mol. The van der Waals surface area contributed by atoms with E-state index >= 15 is 0 Å². The van der Waals surface area contributed by atoms with Gasteiger partial charge < -0.3 is 14.6 Å². The molecule has 78 valence electrons. The number of hydrogen-bond acceptors (Lipinski definition) is 2. The highest BCUT2D eigenvalue weighted by molar-refractivity contribution is 5.18. The van der Waals surface area contributed by atoms with Gasteiger partial charge in [0.1, 0.15) is 6.73 Å². The molecule has 1 unspecified atom stereocenters. The molecule has 0 aliphatic heterocycles. The Kier molecular flexibility index (Phi) is 2.89. The van der Waals surface area contributed by atoms with E-state index < -0.39 is 0 Å². The molecule has 1 atom stereocenters. The molecule has 14 heavy (non-hydrogen) atoms. The van der Waals surface area contributed by atoms with Gasteiger partial charge in [0.2, 0.25) is 0 Å². The lowest BCUT2D eigenvalue weighted by atomic mass is 10.1. The third-order valence-corrected chi connectivity index (χ3v) is 2.82. The summed E-state index contributed by atoms with van der Waals surface area (Å²) in [6.45, 7) is 0.640. The second-order valence-electron chi connectivity index (χ2n) is 3.98. The Hall–Kier alpha value is -0.800. The quantitative estimate of drug-likeness (QED) is 0.773. The third kappa shape index (κ3) is 1.99. The summed E-state index contributed by atoms with van der Waals surface area (Å²) in [7, 11) is 3.76. The van der Waals surface area contributed by atoms with Crippen LogP contribution in [0.5, 0.6) is 0 Å². The van der Waals surface area contributed by atoms with E-state index in [0.29, 0.717) is 12.8 Å². The highest BCUT2D eigenvalue weighted by Crippen LogP contribution is 2.40. The van der Waals surface area contributed by atoms with Gasteiger partial charge in [0.15, 0.2) is 0 Å².